The standard InChI is InChI=1S/C7H12BrNO3S/c8-5-13(10,11)9-3-1-2-6-7(4-9)12-6/h6-7H,1-5H2/t6-,7+/m1/s1. The molecule has 2 aliphatic rings. The van der Waals surface area contributed by atoms with Crippen molar-refractivity contribution in [1.29, 1.82) is 0 Å². The molecule has 0 amide bonds. The second kappa shape index (κ2) is 3.49. The van der Waals surface area contributed by atoms with Gasteiger partial charge in [0.05, 0.1) is 12.2 Å². The maximum Gasteiger partial charge on any atom is 0.224 e. The number of alkyl halides is 1. The fraction of sp³-hybridized carbons (Fsp3) is 1.00. The van der Waals surface area contributed by atoms with Crippen LogP contribution in [0, 0.1) is 0 Å². The summed E-state index contributed by atoms with van der Waals surface area (Å²) < 4.78 is 29.8. The van der Waals surface area contributed by atoms with Crippen molar-refractivity contribution in [3.63, 3.8) is 0 Å². The summed E-state index contributed by atoms with van der Waals surface area (Å²) in [7, 11) is -3.08. The SMILES string of the molecule is O=S(=O)(CBr)N1CCC[C@H]2O[C@H]2C1. The Hall–Kier alpha value is 0.350. The van der Waals surface area contributed by atoms with Crippen molar-refractivity contribution in [1.82, 2.24) is 4.31 Å². The van der Waals surface area contributed by atoms with E-state index in [4.69, 9.17) is 4.74 Å². The predicted molar refractivity (Wildman–Crippen MR) is 52.2 cm³/mol. The van der Waals surface area contributed by atoms with Crippen LogP contribution in [0.15, 0.2) is 0 Å². The van der Waals surface area contributed by atoms with Crippen LogP contribution in [-0.4, -0.2) is 42.7 Å². The summed E-state index contributed by atoms with van der Waals surface area (Å²) in [5, 5.41) is 0. The van der Waals surface area contributed by atoms with E-state index in [-0.39, 0.29) is 10.8 Å². The molecule has 2 heterocycles. The Balaban J connectivity index is 2.06. The molecule has 0 bridgehead atoms. The van der Waals surface area contributed by atoms with Gasteiger partial charge < -0.3 is 4.74 Å². The number of halogens is 1. The van der Waals surface area contributed by atoms with Crippen molar-refractivity contribution in [2.75, 3.05) is 17.8 Å². The van der Waals surface area contributed by atoms with E-state index in [1.165, 1.54) is 4.31 Å². The summed E-state index contributed by atoms with van der Waals surface area (Å²) in [5.41, 5.74) is 0. The zero-order chi connectivity index (χ0) is 9.47. The molecule has 2 aliphatic heterocycles. The topological polar surface area (TPSA) is 49.9 Å². The Morgan fingerprint density at radius 1 is 1.46 bits per heavy atom. The van der Waals surface area contributed by atoms with E-state index in [0.29, 0.717) is 19.2 Å². The molecular weight excluding hydrogens is 258 g/mol. The second-order valence-corrected chi connectivity index (χ2v) is 6.71. The summed E-state index contributed by atoms with van der Waals surface area (Å²) in [6.45, 7) is 1.18. The van der Waals surface area contributed by atoms with Crippen molar-refractivity contribution >= 4 is 26.0 Å². The molecule has 2 fully saturated rings. The average Bonchev–Trinajstić information content (AvgIpc) is 2.79. The second-order valence-electron chi connectivity index (χ2n) is 3.43. The number of sulfonamides is 1. The minimum absolute atomic E-state index is 0.0113. The molecule has 0 aromatic rings. The zero-order valence-electron chi connectivity index (χ0n) is 7.15. The molecule has 2 saturated heterocycles. The summed E-state index contributed by atoms with van der Waals surface area (Å²) in [4.78, 5) is 0. The van der Waals surface area contributed by atoms with Crippen molar-refractivity contribution in [2.24, 2.45) is 0 Å². The smallest absolute Gasteiger partial charge is 0.224 e. The highest BCUT2D eigenvalue weighted by molar-refractivity contribution is 9.10. The fourth-order valence-electron chi connectivity index (χ4n) is 1.68. The van der Waals surface area contributed by atoms with Crippen molar-refractivity contribution in [2.45, 2.75) is 25.0 Å². The van der Waals surface area contributed by atoms with Crippen LogP contribution >= 0.6 is 15.9 Å². The van der Waals surface area contributed by atoms with Crippen LogP contribution in [0.25, 0.3) is 0 Å². The number of epoxide rings is 1. The van der Waals surface area contributed by atoms with Gasteiger partial charge in [-0.15, -0.1) is 0 Å². The molecular formula is C7H12BrNO3S. The third-order valence-corrected chi connectivity index (χ3v) is 5.63. The Morgan fingerprint density at radius 2 is 2.23 bits per heavy atom. The third kappa shape index (κ3) is 2.06. The van der Waals surface area contributed by atoms with Crippen molar-refractivity contribution < 1.29 is 13.2 Å². The number of hydrogen-bond donors (Lipinski definition) is 0. The quantitative estimate of drug-likeness (QED) is 0.543. The number of hydrogen-bond acceptors (Lipinski definition) is 3. The number of rotatable bonds is 2. The molecule has 2 atom stereocenters. The first-order chi connectivity index (χ1) is 6.13. The highest BCUT2D eigenvalue weighted by Crippen LogP contribution is 2.31. The molecule has 0 aliphatic carbocycles. The molecule has 13 heavy (non-hydrogen) atoms. The van der Waals surface area contributed by atoms with E-state index in [0.717, 1.165) is 12.8 Å². The maximum atomic E-state index is 11.5. The highest BCUT2D eigenvalue weighted by atomic mass is 79.9. The Morgan fingerprint density at radius 3 is 2.92 bits per heavy atom. The third-order valence-electron chi connectivity index (χ3n) is 2.50. The molecule has 0 spiro atoms. The van der Waals surface area contributed by atoms with Crippen LogP contribution in [0.2, 0.25) is 0 Å². The largest absolute Gasteiger partial charge is 0.368 e. The lowest BCUT2D eigenvalue weighted by Gasteiger charge is -2.18. The predicted octanol–water partition coefficient (Wildman–Crippen LogP) is 0.532. The molecule has 0 aromatic carbocycles. The van der Waals surface area contributed by atoms with Crippen molar-refractivity contribution in [3.8, 4) is 0 Å². The zero-order valence-corrected chi connectivity index (χ0v) is 9.55. The molecule has 6 heteroatoms. The lowest BCUT2D eigenvalue weighted by Crippen LogP contribution is -2.34. The molecule has 4 nitrogen and oxygen atoms in total. The van der Waals surface area contributed by atoms with Gasteiger partial charge in [0.2, 0.25) is 10.0 Å². The van der Waals surface area contributed by atoms with Gasteiger partial charge in [-0.1, -0.05) is 15.9 Å². The minimum atomic E-state index is -3.08. The van der Waals surface area contributed by atoms with Gasteiger partial charge in [-0.05, 0) is 12.8 Å². The van der Waals surface area contributed by atoms with Gasteiger partial charge in [0.1, 0.15) is 4.66 Å². The van der Waals surface area contributed by atoms with Crippen LogP contribution < -0.4 is 0 Å². The number of fused-ring (bicyclic) bond motifs is 1. The summed E-state index contributed by atoms with van der Waals surface area (Å²) in [6, 6.07) is 0. The maximum absolute atomic E-state index is 11.5. The Kier molecular flexibility index (Phi) is 2.65. The van der Waals surface area contributed by atoms with E-state index in [9.17, 15) is 8.42 Å². The summed E-state index contributed by atoms with van der Waals surface area (Å²) in [6.07, 6.45) is 2.40. The van der Waals surface area contributed by atoms with Gasteiger partial charge in [-0.25, -0.2) is 8.42 Å². The normalized spacial score (nSPS) is 35.2. The molecule has 0 saturated carbocycles. The van der Waals surface area contributed by atoms with Gasteiger partial charge in [-0.2, -0.15) is 4.31 Å². The molecule has 76 valence electrons. The average molecular weight is 270 g/mol. The van der Waals surface area contributed by atoms with E-state index < -0.39 is 10.0 Å². The molecule has 0 radical (unpaired) electrons. The van der Waals surface area contributed by atoms with Crippen molar-refractivity contribution in [3.05, 3.63) is 0 Å². The first-order valence-electron chi connectivity index (χ1n) is 4.33. The van der Waals surface area contributed by atoms with Crippen LogP contribution in [0.3, 0.4) is 0 Å². The Labute approximate surface area is 86.4 Å². The monoisotopic (exact) mass is 269 g/mol. The van der Waals surface area contributed by atoms with Crippen LogP contribution in [-0.2, 0) is 14.8 Å². The number of ether oxygens (including phenoxy) is 1. The first-order valence-corrected chi connectivity index (χ1v) is 7.06. The lowest BCUT2D eigenvalue weighted by atomic mass is 10.2. The van der Waals surface area contributed by atoms with Crippen LogP contribution in [0.5, 0.6) is 0 Å². The molecule has 0 N–H and O–H groups in total. The van der Waals surface area contributed by atoms with Crippen LogP contribution in [0.1, 0.15) is 12.8 Å². The van der Waals surface area contributed by atoms with E-state index in [1.54, 1.807) is 0 Å². The number of nitrogens with zero attached hydrogens (tertiary/aromatic N) is 1. The van der Waals surface area contributed by atoms with Gasteiger partial charge in [0.15, 0.2) is 0 Å². The fourth-order valence-corrected chi connectivity index (χ4v) is 3.46. The molecule has 2 rings (SSSR count). The summed E-state index contributed by atoms with van der Waals surface area (Å²) in [5.74, 6) is 0. The van der Waals surface area contributed by atoms with Crippen LogP contribution in [0.4, 0.5) is 0 Å². The first kappa shape index (κ1) is 9.89. The van der Waals surface area contributed by atoms with Gasteiger partial charge in [-0.3, -0.25) is 0 Å². The Bertz CT molecular complexity index is 292. The lowest BCUT2D eigenvalue weighted by molar-refractivity contribution is 0.297. The van der Waals surface area contributed by atoms with Gasteiger partial charge in [0, 0.05) is 13.1 Å². The van der Waals surface area contributed by atoms with E-state index >= 15 is 0 Å². The summed E-state index contributed by atoms with van der Waals surface area (Å²) >= 11 is 3.00. The van der Waals surface area contributed by atoms with E-state index in [1.807, 2.05) is 0 Å². The molecule has 0 unspecified atom stereocenters. The van der Waals surface area contributed by atoms with Gasteiger partial charge in [0.25, 0.3) is 0 Å². The highest BCUT2D eigenvalue weighted by Gasteiger charge is 2.43. The van der Waals surface area contributed by atoms with Gasteiger partial charge >= 0.3 is 0 Å². The molecule has 0 aromatic heterocycles. The van der Waals surface area contributed by atoms with E-state index in [2.05, 4.69) is 15.9 Å². The minimum Gasteiger partial charge on any atom is -0.368 e.